The molecule has 2 aromatic rings. The number of hydrogen-bond acceptors (Lipinski definition) is 3. The first-order valence-corrected chi connectivity index (χ1v) is 14.3. The highest BCUT2D eigenvalue weighted by Gasteiger charge is 2.46. The van der Waals surface area contributed by atoms with E-state index < -0.39 is 8.07 Å². The maximum Gasteiger partial charge on any atom is 0.0725 e. The molecule has 0 aliphatic carbocycles. The molecule has 4 heteroatoms. The Hall–Kier alpha value is -1.91. The number of benzene rings is 2. The third-order valence-electron chi connectivity index (χ3n) is 7.07. The van der Waals surface area contributed by atoms with Crippen LogP contribution in [0.25, 0.3) is 0 Å². The minimum absolute atomic E-state index is 0.236. The predicted octanol–water partition coefficient (Wildman–Crippen LogP) is 6.33. The van der Waals surface area contributed by atoms with E-state index in [1.165, 1.54) is 23.3 Å². The van der Waals surface area contributed by atoms with Crippen LogP contribution in [0.2, 0.25) is 18.1 Å². The minimum Gasteiger partial charge on any atom is -0.382 e. The number of hydrazone groups is 1. The van der Waals surface area contributed by atoms with E-state index in [4.69, 9.17) is 9.84 Å². The van der Waals surface area contributed by atoms with Crippen molar-refractivity contribution in [2.75, 3.05) is 20.3 Å². The van der Waals surface area contributed by atoms with Gasteiger partial charge in [-0.05, 0) is 29.0 Å². The molecule has 3 rings (SSSR count). The lowest BCUT2D eigenvalue weighted by atomic mass is 10.0. The van der Waals surface area contributed by atoms with E-state index >= 15 is 0 Å². The Morgan fingerprint density at radius 2 is 1.67 bits per heavy atom. The summed E-state index contributed by atoms with van der Waals surface area (Å²) in [7, 11) is -0.0298. The molecule has 0 saturated carbocycles. The molecule has 1 fully saturated rings. The van der Waals surface area contributed by atoms with Crippen molar-refractivity contribution in [3.8, 4) is 0 Å². The van der Waals surface area contributed by atoms with Crippen molar-refractivity contribution in [2.45, 2.75) is 63.3 Å². The largest absolute Gasteiger partial charge is 0.382 e. The average Bonchev–Trinajstić information content (AvgIpc) is 3.15. The molecule has 1 heterocycles. The molecule has 162 valence electrons. The van der Waals surface area contributed by atoms with Crippen LogP contribution < -0.4 is 0 Å². The van der Waals surface area contributed by atoms with E-state index in [9.17, 15) is 0 Å². The van der Waals surface area contributed by atoms with Crippen LogP contribution in [0.1, 0.15) is 50.3 Å². The van der Waals surface area contributed by atoms with Crippen LogP contribution in [0.4, 0.5) is 0 Å². The Balaban J connectivity index is 2.19. The van der Waals surface area contributed by atoms with Crippen LogP contribution in [0.3, 0.4) is 0 Å². The van der Waals surface area contributed by atoms with Crippen LogP contribution in [0, 0.1) is 0 Å². The van der Waals surface area contributed by atoms with Crippen LogP contribution in [-0.2, 0) is 4.74 Å². The quantitative estimate of drug-likeness (QED) is 0.384. The van der Waals surface area contributed by atoms with Gasteiger partial charge in [-0.2, -0.15) is 5.10 Å². The van der Waals surface area contributed by atoms with Crippen LogP contribution >= 0.6 is 0 Å². The maximum atomic E-state index is 5.51. The zero-order chi connectivity index (χ0) is 21.8. The molecule has 2 aromatic carbocycles. The van der Waals surface area contributed by atoms with Crippen molar-refractivity contribution in [1.29, 1.82) is 0 Å². The van der Waals surface area contributed by atoms with Gasteiger partial charge >= 0.3 is 0 Å². The average molecular weight is 423 g/mol. The van der Waals surface area contributed by atoms with Gasteiger partial charge in [0.25, 0.3) is 0 Å². The summed E-state index contributed by atoms with van der Waals surface area (Å²) in [6.07, 6.45) is 2.32. The van der Waals surface area contributed by atoms with Crippen molar-refractivity contribution in [3.05, 3.63) is 71.8 Å². The second-order valence-electron chi connectivity index (χ2n) is 10.1. The standard InChI is InChI=1S/C26H38N2OSi/c1-26(2,3)30(5,6)25(22-16-11-8-12-17-22)24(21-14-9-7-10-15-21)27-28-19-13-18-23(28)20-29-4/h7-12,14-17,23,25H,13,18-20H2,1-6H3/t23-,25+/m0/s1. The van der Waals surface area contributed by atoms with Crippen molar-refractivity contribution >= 4 is 13.8 Å². The van der Waals surface area contributed by atoms with Crippen molar-refractivity contribution in [3.63, 3.8) is 0 Å². The molecule has 1 aliphatic heterocycles. The Morgan fingerprint density at radius 3 is 2.23 bits per heavy atom. The van der Waals surface area contributed by atoms with E-state index in [1.54, 1.807) is 7.11 Å². The van der Waals surface area contributed by atoms with Gasteiger partial charge in [0.1, 0.15) is 0 Å². The summed E-state index contributed by atoms with van der Waals surface area (Å²) in [5, 5.41) is 7.94. The topological polar surface area (TPSA) is 24.8 Å². The van der Waals surface area contributed by atoms with Gasteiger partial charge < -0.3 is 4.74 Å². The molecule has 0 radical (unpaired) electrons. The number of rotatable bonds is 7. The third kappa shape index (κ3) is 4.87. The van der Waals surface area contributed by atoms with E-state index in [2.05, 4.69) is 99.5 Å². The van der Waals surface area contributed by atoms with Gasteiger partial charge in [-0.25, -0.2) is 0 Å². The molecule has 30 heavy (non-hydrogen) atoms. The van der Waals surface area contributed by atoms with Gasteiger partial charge in [0.2, 0.25) is 0 Å². The summed E-state index contributed by atoms with van der Waals surface area (Å²) >= 11 is 0. The molecule has 0 amide bonds. The smallest absolute Gasteiger partial charge is 0.0725 e. The molecule has 0 N–H and O–H groups in total. The molecule has 0 spiro atoms. The first-order chi connectivity index (χ1) is 14.3. The van der Waals surface area contributed by atoms with E-state index in [-0.39, 0.29) is 5.04 Å². The van der Waals surface area contributed by atoms with Crippen molar-refractivity contribution in [2.24, 2.45) is 5.10 Å². The number of methoxy groups -OCH3 is 1. The van der Waals surface area contributed by atoms with Gasteiger partial charge in [-0.15, -0.1) is 0 Å². The number of nitrogens with zero attached hydrogens (tertiary/aromatic N) is 2. The molecule has 0 aromatic heterocycles. The zero-order valence-corrected chi connectivity index (χ0v) is 20.6. The summed E-state index contributed by atoms with van der Waals surface area (Å²) in [6.45, 7) is 14.0. The van der Waals surface area contributed by atoms with Crippen LogP contribution in [-0.4, -0.2) is 45.1 Å². The van der Waals surface area contributed by atoms with Crippen molar-refractivity contribution < 1.29 is 4.74 Å². The zero-order valence-electron chi connectivity index (χ0n) is 19.6. The summed E-state index contributed by atoms with van der Waals surface area (Å²) in [5.74, 6) is 0. The monoisotopic (exact) mass is 422 g/mol. The fourth-order valence-corrected chi connectivity index (χ4v) is 7.14. The fraction of sp³-hybridized carbons (Fsp3) is 0.500. The van der Waals surface area contributed by atoms with Gasteiger partial charge in [0.05, 0.1) is 26.4 Å². The first-order valence-electron chi connectivity index (χ1n) is 11.2. The van der Waals surface area contributed by atoms with Gasteiger partial charge in [0.15, 0.2) is 0 Å². The molecule has 3 nitrogen and oxygen atoms in total. The highest BCUT2D eigenvalue weighted by Crippen LogP contribution is 2.46. The van der Waals surface area contributed by atoms with Gasteiger partial charge in [-0.1, -0.05) is 94.5 Å². The van der Waals surface area contributed by atoms with Crippen molar-refractivity contribution in [1.82, 2.24) is 5.01 Å². The minimum atomic E-state index is -1.82. The molecule has 1 saturated heterocycles. The summed E-state index contributed by atoms with van der Waals surface area (Å²) in [6, 6.07) is 22.2. The molecule has 1 aliphatic rings. The third-order valence-corrected chi connectivity index (χ3v) is 13.0. The summed E-state index contributed by atoms with van der Waals surface area (Å²) < 4.78 is 5.51. The fourth-order valence-electron chi connectivity index (χ4n) is 4.34. The summed E-state index contributed by atoms with van der Waals surface area (Å²) in [4.78, 5) is 0. The predicted molar refractivity (Wildman–Crippen MR) is 131 cm³/mol. The van der Waals surface area contributed by atoms with E-state index in [0.29, 0.717) is 11.6 Å². The lowest BCUT2D eigenvalue weighted by Crippen LogP contribution is -2.48. The second kappa shape index (κ2) is 9.48. The Kier molecular flexibility index (Phi) is 7.20. The lowest BCUT2D eigenvalue weighted by Gasteiger charge is -2.44. The maximum absolute atomic E-state index is 5.51. The highest BCUT2D eigenvalue weighted by molar-refractivity contribution is 6.84. The molecule has 2 atom stereocenters. The van der Waals surface area contributed by atoms with E-state index in [1.807, 2.05) is 0 Å². The van der Waals surface area contributed by atoms with Gasteiger partial charge in [0, 0.05) is 19.2 Å². The van der Waals surface area contributed by atoms with E-state index in [0.717, 1.165) is 19.6 Å². The molecular weight excluding hydrogens is 384 g/mol. The highest BCUT2D eigenvalue weighted by atomic mass is 28.3. The number of hydrogen-bond donors (Lipinski definition) is 0. The van der Waals surface area contributed by atoms with Crippen LogP contribution in [0.15, 0.2) is 65.8 Å². The lowest BCUT2D eigenvalue weighted by molar-refractivity contribution is 0.118. The molecule has 0 bridgehead atoms. The molecule has 0 unspecified atom stereocenters. The van der Waals surface area contributed by atoms with Crippen LogP contribution in [0.5, 0.6) is 0 Å². The molecular formula is C26H38N2OSi. The summed E-state index contributed by atoms with van der Waals surface area (Å²) in [5.41, 5.74) is 4.15. The Morgan fingerprint density at radius 1 is 1.07 bits per heavy atom. The SMILES string of the molecule is COC[C@@H]1CCCN1N=C(c1ccccc1)[C@@H](c1ccccc1)[Si](C)(C)C(C)(C)C. The number of ether oxygens (including phenoxy) is 1. The van der Waals surface area contributed by atoms with Gasteiger partial charge in [-0.3, -0.25) is 5.01 Å². The first kappa shape index (κ1) is 22.8. The normalized spacial score (nSPS) is 19.2. The Labute approximate surface area is 184 Å². The Bertz CT molecular complexity index is 827. The second-order valence-corrected chi connectivity index (χ2v) is 15.6.